The van der Waals surface area contributed by atoms with E-state index in [1.54, 1.807) is 30.3 Å². The molecule has 0 aliphatic carbocycles. The lowest BCUT2D eigenvalue weighted by Gasteiger charge is -2.26. The maximum Gasteiger partial charge on any atom is 0.412 e. The first kappa shape index (κ1) is 18.7. The number of benzene rings is 2. The Morgan fingerprint density at radius 3 is 2.56 bits per heavy atom. The van der Waals surface area contributed by atoms with Crippen molar-refractivity contribution >= 4 is 11.8 Å². The van der Waals surface area contributed by atoms with Gasteiger partial charge in [0.15, 0.2) is 17.7 Å². The second-order valence-corrected chi connectivity index (χ2v) is 5.31. The Balaban J connectivity index is 2.21. The Hall–Kier alpha value is -2.64. The van der Waals surface area contributed by atoms with Crippen molar-refractivity contribution < 1.29 is 28.9 Å². The number of aromatic hydroxyl groups is 1. The fraction of sp³-hybridized carbons (Fsp3) is 0.278. The largest absolute Gasteiger partial charge is 0.505 e. The molecule has 0 unspecified atom stereocenters. The Kier molecular flexibility index (Phi) is 6.73. The summed E-state index contributed by atoms with van der Waals surface area (Å²) in [6.45, 7) is -0.195. The molecule has 2 rings (SSSR count). The third kappa shape index (κ3) is 5.17. The fourth-order valence-electron chi connectivity index (χ4n) is 2.36. The van der Waals surface area contributed by atoms with E-state index in [1.807, 2.05) is 0 Å². The van der Waals surface area contributed by atoms with Gasteiger partial charge in [0.25, 0.3) is 0 Å². The molecule has 0 spiro atoms. The molecule has 134 valence electrons. The quantitative estimate of drug-likeness (QED) is 0.714. The maximum absolute atomic E-state index is 13.7. The van der Waals surface area contributed by atoms with E-state index in [1.165, 1.54) is 19.2 Å². The van der Waals surface area contributed by atoms with Crippen LogP contribution < -0.4 is 5.32 Å². The van der Waals surface area contributed by atoms with Crippen molar-refractivity contribution in [2.45, 2.75) is 18.6 Å². The highest BCUT2D eigenvalue weighted by atomic mass is 19.1. The number of carbonyl (C=O) groups excluding carboxylic acids is 1. The van der Waals surface area contributed by atoms with Crippen molar-refractivity contribution in [2.75, 3.05) is 19.0 Å². The maximum atomic E-state index is 13.7. The molecule has 2 aromatic rings. The highest BCUT2D eigenvalue weighted by Crippen LogP contribution is 2.29. The molecule has 7 heteroatoms. The molecular weight excluding hydrogens is 329 g/mol. The van der Waals surface area contributed by atoms with E-state index in [0.717, 1.165) is 6.07 Å². The minimum absolute atomic E-state index is 0.183. The van der Waals surface area contributed by atoms with Crippen LogP contribution in [-0.2, 0) is 9.47 Å². The van der Waals surface area contributed by atoms with Gasteiger partial charge in [0, 0.05) is 25.8 Å². The van der Waals surface area contributed by atoms with E-state index in [-0.39, 0.29) is 13.0 Å². The molecule has 0 aromatic heterocycles. The number of anilines is 1. The molecule has 0 aliphatic heterocycles. The van der Waals surface area contributed by atoms with Crippen molar-refractivity contribution in [1.82, 2.24) is 0 Å². The number of para-hydroxylation sites is 1. The molecule has 2 aromatic carbocycles. The lowest BCUT2D eigenvalue weighted by molar-refractivity contribution is -0.0307. The predicted octanol–water partition coefficient (Wildman–Crippen LogP) is 3.22. The van der Waals surface area contributed by atoms with Gasteiger partial charge < -0.3 is 19.7 Å². The Morgan fingerprint density at radius 2 is 1.96 bits per heavy atom. The van der Waals surface area contributed by atoms with Crippen LogP contribution in [0.2, 0.25) is 0 Å². The van der Waals surface area contributed by atoms with Crippen LogP contribution in [0.4, 0.5) is 14.9 Å². The fourth-order valence-corrected chi connectivity index (χ4v) is 2.36. The van der Waals surface area contributed by atoms with Crippen molar-refractivity contribution in [3.8, 4) is 5.75 Å². The Labute approximate surface area is 144 Å². The smallest absolute Gasteiger partial charge is 0.412 e. The number of phenolic OH excluding ortho intramolecular Hbond substituents is 1. The van der Waals surface area contributed by atoms with E-state index in [0.29, 0.717) is 11.3 Å². The number of hydrogen-bond donors (Lipinski definition) is 3. The number of hydrogen-bond acceptors (Lipinski definition) is 5. The molecule has 0 aliphatic rings. The molecule has 2 atom stereocenters. The van der Waals surface area contributed by atoms with E-state index in [4.69, 9.17) is 9.47 Å². The summed E-state index contributed by atoms with van der Waals surface area (Å²) < 4.78 is 24.4. The first-order valence-electron chi connectivity index (χ1n) is 7.70. The third-order valence-corrected chi connectivity index (χ3v) is 3.61. The Bertz CT molecular complexity index is 695. The van der Waals surface area contributed by atoms with Crippen molar-refractivity contribution in [1.29, 1.82) is 0 Å². The van der Waals surface area contributed by atoms with Crippen LogP contribution in [0.15, 0.2) is 48.5 Å². The summed E-state index contributed by atoms with van der Waals surface area (Å²) in [5, 5.41) is 21.1. The number of aliphatic hydroxyl groups excluding tert-OH is 1. The SMILES string of the molecule is CO[C@H](CCO)[C@H](OC(=O)Nc1ccccc1)c1ccc(O)c(F)c1. The number of carbonyl (C=O) groups is 1. The molecule has 3 N–H and O–H groups in total. The number of ether oxygens (including phenoxy) is 2. The molecule has 0 bridgehead atoms. The predicted molar refractivity (Wildman–Crippen MR) is 89.9 cm³/mol. The average Bonchev–Trinajstić information content (AvgIpc) is 2.61. The Morgan fingerprint density at radius 1 is 1.24 bits per heavy atom. The van der Waals surface area contributed by atoms with Gasteiger partial charge in [-0.15, -0.1) is 0 Å². The van der Waals surface area contributed by atoms with Crippen molar-refractivity contribution in [2.24, 2.45) is 0 Å². The number of phenols is 1. The normalized spacial score (nSPS) is 13.1. The summed E-state index contributed by atoms with van der Waals surface area (Å²) >= 11 is 0. The third-order valence-electron chi connectivity index (χ3n) is 3.61. The molecule has 0 saturated heterocycles. The highest BCUT2D eigenvalue weighted by molar-refractivity contribution is 5.84. The van der Waals surface area contributed by atoms with Crippen LogP contribution >= 0.6 is 0 Å². The van der Waals surface area contributed by atoms with Crippen LogP contribution in [0.1, 0.15) is 18.1 Å². The first-order valence-corrected chi connectivity index (χ1v) is 7.70. The summed E-state index contributed by atoms with van der Waals surface area (Å²) in [6, 6.07) is 12.4. The van der Waals surface area contributed by atoms with Gasteiger partial charge in [0.05, 0.1) is 0 Å². The van der Waals surface area contributed by atoms with Crippen molar-refractivity contribution in [3.63, 3.8) is 0 Å². The number of rotatable bonds is 7. The second-order valence-electron chi connectivity index (χ2n) is 5.31. The molecular formula is C18H20FNO5. The first-order chi connectivity index (χ1) is 12.0. The van der Waals surface area contributed by atoms with Crippen LogP contribution in [0.5, 0.6) is 5.75 Å². The number of amides is 1. The van der Waals surface area contributed by atoms with Crippen LogP contribution in [0.25, 0.3) is 0 Å². The topological polar surface area (TPSA) is 88.0 Å². The summed E-state index contributed by atoms with van der Waals surface area (Å²) in [6.07, 6.45) is -2.21. The van der Waals surface area contributed by atoms with Gasteiger partial charge in [0.2, 0.25) is 0 Å². The average molecular weight is 349 g/mol. The van der Waals surface area contributed by atoms with Gasteiger partial charge in [-0.25, -0.2) is 9.18 Å². The van der Waals surface area contributed by atoms with Gasteiger partial charge in [0.1, 0.15) is 6.10 Å². The summed E-state index contributed by atoms with van der Waals surface area (Å²) in [7, 11) is 1.41. The van der Waals surface area contributed by atoms with Crippen LogP contribution in [0, 0.1) is 5.82 Å². The number of nitrogens with one attached hydrogen (secondary N) is 1. The van der Waals surface area contributed by atoms with Crippen LogP contribution in [-0.4, -0.2) is 36.1 Å². The van der Waals surface area contributed by atoms with Crippen molar-refractivity contribution in [3.05, 3.63) is 59.9 Å². The minimum atomic E-state index is -0.962. The van der Waals surface area contributed by atoms with E-state index in [9.17, 15) is 19.4 Å². The summed E-state index contributed by atoms with van der Waals surface area (Å²) in [4.78, 5) is 12.2. The molecule has 0 heterocycles. The number of aliphatic hydroxyl groups is 1. The molecule has 25 heavy (non-hydrogen) atoms. The number of halogens is 1. The van der Waals surface area contributed by atoms with E-state index < -0.39 is 29.9 Å². The van der Waals surface area contributed by atoms with Crippen LogP contribution in [0.3, 0.4) is 0 Å². The molecule has 0 saturated carbocycles. The zero-order valence-corrected chi connectivity index (χ0v) is 13.7. The lowest BCUT2D eigenvalue weighted by Crippen LogP contribution is -2.29. The minimum Gasteiger partial charge on any atom is -0.505 e. The van der Waals surface area contributed by atoms with Gasteiger partial charge in [-0.1, -0.05) is 24.3 Å². The second kappa shape index (κ2) is 9.00. The van der Waals surface area contributed by atoms with Gasteiger partial charge in [-0.05, 0) is 29.8 Å². The van der Waals surface area contributed by atoms with Gasteiger partial charge >= 0.3 is 6.09 Å². The molecule has 0 fully saturated rings. The summed E-state index contributed by atoms with van der Waals surface area (Å²) in [5.74, 6) is -1.35. The van der Waals surface area contributed by atoms with Gasteiger partial charge in [-0.3, -0.25) is 5.32 Å². The summed E-state index contributed by atoms with van der Waals surface area (Å²) in [5.41, 5.74) is 0.845. The highest BCUT2D eigenvalue weighted by Gasteiger charge is 2.27. The van der Waals surface area contributed by atoms with E-state index in [2.05, 4.69) is 5.32 Å². The molecule has 6 nitrogen and oxygen atoms in total. The lowest BCUT2D eigenvalue weighted by atomic mass is 10.0. The monoisotopic (exact) mass is 349 g/mol. The number of methoxy groups -OCH3 is 1. The van der Waals surface area contributed by atoms with Gasteiger partial charge in [-0.2, -0.15) is 0 Å². The molecule has 1 amide bonds. The standard InChI is InChI=1S/C18H20FNO5/c1-24-16(9-10-21)17(12-7-8-15(22)14(19)11-12)25-18(23)20-13-5-3-2-4-6-13/h2-8,11,16-17,21-22H,9-10H2,1H3,(H,20,23)/t16-,17-/m1/s1. The zero-order valence-electron chi connectivity index (χ0n) is 13.7. The molecule has 0 radical (unpaired) electrons. The zero-order chi connectivity index (χ0) is 18.2. The van der Waals surface area contributed by atoms with E-state index >= 15 is 0 Å².